The van der Waals surface area contributed by atoms with E-state index in [1.807, 2.05) is 18.2 Å². The summed E-state index contributed by atoms with van der Waals surface area (Å²) in [6.07, 6.45) is 3.00. The zero-order chi connectivity index (χ0) is 15.1. The Morgan fingerprint density at radius 2 is 1.86 bits per heavy atom. The second-order valence-electron chi connectivity index (χ2n) is 4.74. The van der Waals surface area contributed by atoms with Crippen LogP contribution in [-0.2, 0) is 6.42 Å². The Hall–Kier alpha value is -1.81. The summed E-state index contributed by atoms with van der Waals surface area (Å²) in [7, 11) is 0. The van der Waals surface area contributed by atoms with E-state index < -0.39 is 5.97 Å². The van der Waals surface area contributed by atoms with Crippen LogP contribution in [0.4, 0.5) is 0 Å². The van der Waals surface area contributed by atoms with Crippen molar-refractivity contribution in [1.82, 2.24) is 0 Å². The highest BCUT2D eigenvalue weighted by Gasteiger charge is 2.07. The van der Waals surface area contributed by atoms with E-state index in [-0.39, 0.29) is 5.56 Å². The van der Waals surface area contributed by atoms with Gasteiger partial charge in [-0.2, -0.15) is 0 Å². The number of ether oxygens (including phenoxy) is 1. The van der Waals surface area contributed by atoms with Gasteiger partial charge in [0.25, 0.3) is 0 Å². The molecule has 0 bridgehead atoms. The number of aromatic carboxylic acids is 1. The van der Waals surface area contributed by atoms with Crippen LogP contribution in [0.15, 0.2) is 53.0 Å². The molecule has 21 heavy (non-hydrogen) atoms. The lowest BCUT2D eigenvalue weighted by molar-refractivity contribution is 0.0696. The molecule has 0 aliphatic heterocycles. The summed E-state index contributed by atoms with van der Waals surface area (Å²) in [5, 5.41) is 8.96. The smallest absolute Gasteiger partial charge is 0.335 e. The Bertz CT molecular complexity index is 596. The zero-order valence-corrected chi connectivity index (χ0v) is 13.2. The molecule has 0 atom stereocenters. The molecule has 0 radical (unpaired) electrons. The monoisotopic (exact) mass is 348 g/mol. The fourth-order valence-electron chi connectivity index (χ4n) is 2.00. The van der Waals surface area contributed by atoms with Crippen LogP contribution in [0.5, 0.6) is 5.75 Å². The van der Waals surface area contributed by atoms with Crippen molar-refractivity contribution < 1.29 is 14.6 Å². The minimum Gasteiger partial charge on any atom is -0.492 e. The predicted octanol–water partition coefficient (Wildman–Crippen LogP) is 4.55. The van der Waals surface area contributed by atoms with Crippen molar-refractivity contribution in [2.45, 2.75) is 19.3 Å². The summed E-state index contributed by atoms with van der Waals surface area (Å²) >= 11 is 3.37. The van der Waals surface area contributed by atoms with Gasteiger partial charge in [-0.15, -0.1) is 0 Å². The predicted molar refractivity (Wildman–Crippen MR) is 86.0 cm³/mol. The molecule has 1 N–H and O–H groups in total. The maximum Gasteiger partial charge on any atom is 0.335 e. The second kappa shape index (κ2) is 7.84. The molecule has 4 heteroatoms. The topological polar surface area (TPSA) is 46.5 Å². The zero-order valence-electron chi connectivity index (χ0n) is 11.6. The lowest BCUT2D eigenvalue weighted by Crippen LogP contribution is -2.01. The number of carboxylic acid groups (broad SMARTS) is 1. The first-order chi connectivity index (χ1) is 10.2. The van der Waals surface area contributed by atoms with Gasteiger partial charge in [-0.05, 0) is 59.0 Å². The third-order valence-electron chi connectivity index (χ3n) is 3.14. The minimum atomic E-state index is -0.948. The van der Waals surface area contributed by atoms with Gasteiger partial charge >= 0.3 is 5.97 Å². The summed E-state index contributed by atoms with van der Waals surface area (Å²) < 4.78 is 6.43. The number of benzene rings is 2. The van der Waals surface area contributed by atoms with Crippen molar-refractivity contribution >= 4 is 21.9 Å². The average Bonchev–Trinajstić information content (AvgIpc) is 2.49. The Morgan fingerprint density at radius 3 is 2.57 bits per heavy atom. The van der Waals surface area contributed by atoms with Crippen LogP contribution < -0.4 is 4.74 Å². The average molecular weight is 349 g/mol. The van der Waals surface area contributed by atoms with Crippen molar-refractivity contribution in [2.75, 3.05) is 6.61 Å². The van der Waals surface area contributed by atoms with Crippen molar-refractivity contribution in [3.8, 4) is 5.75 Å². The Morgan fingerprint density at radius 1 is 1.10 bits per heavy atom. The highest BCUT2D eigenvalue weighted by Crippen LogP contribution is 2.26. The first-order valence-electron chi connectivity index (χ1n) is 6.86. The van der Waals surface area contributed by atoms with E-state index in [9.17, 15) is 4.79 Å². The number of halogens is 1. The molecular formula is C17H17BrO3. The number of hydrogen-bond donors (Lipinski definition) is 1. The fourth-order valence-corrected chi connectivity index (χ4v) is 2.37. The highest BCUT2D eigenvalue weighted by atomic mass is 79.9. The number of rotatable bonds is 7. The van der Waals surface area contributed by atoms with E-state index >= 15 is 0 Å². The van der Waals surface area contributed by atoms with E-state index in [1.165, 1.54) is 5.56 Å². The van der Waals surface area contributed by atoms with Gasteiger partial charge in [0.2, 0.25) is 0 Å². The van der Waals surface area contributed by atoms with E-state index in [2.05, 4.69) is 28.1 Å². The van der Waals surface area contributed by atoms with Gasteiger partial charge in [0.05, 0.1) is 16.6 Å². The molecule has 0 fully saturated rings. The minimum absolute atomic E-state index is 0.234. The van der Waals surface area contributed by atoms with Crippen LogP contribution in [0.1, 0.15) is 28.8 Å². The molecule has 0 amide bonds. The summed E-state index contributed by atoms with van der Waals surface area (Å²) in [4.78, 5) is 10.9. The van der Waals surface area contributed by atoms with Crippen LogP contribution in [-0.4, -0.2) is 17.7 Å². The molecule has 0 unspecified atom stereocenters. The maximum atomic E-state index is 10.9. The van der Waals surface area contributed by atoms with Crippen molar-refractivity contribution in [1.29, 1.82) is 0 Å². The summed E-state index contributed by atoms with van der Waals surface area (Å²) in [6, 6.07) is 15.1. The molecular weight excluding hydrogens is 332 g/mol. The third kappa shape index (κ3) is 4.90. The fraction of sp³-hybridized carbons (Fsp3) is 0.235. The van der Waals surface area contributed by atoms with Gasteiger partial charge in [0.1, 0.15) is 5.75 Å². The summed E-state index contributed by atoms with van der Waals surface area (Å²) in [5.41, 5.74) is 1.56. The molecule has 0 aliphatic rings. The first kappa shape index (κ1) is 15.6. The highest BCUT2D eigenvalue weighted by molar-refractivity contribution is 9.10. The lowest BCUT2D eigenvalue weighted by Gasteiger charge is -2.09. The maximum absolute atomic E-state index is 10.9. The van der Waals surface area contributed by atoms with Crippen molar-refractivity contribution in [3.63, 3.8) is 0 Å². The van der Waals surface area contributed by atoms with Gasteiger partial charge in [0.15, 0.2) is 0 Å². The molecule has 2 rings (SSSR count). The molecule has 0 spiro atoms. The van der Waals surface area contributed by atoms with E-state index in [1.54, 1.807) is 18.2 Å². The van der Waals surface area contributed by atoms with E-state index in [4.69, 9.17) is 9.84 Å². The van der Waals surface area contributed by atoms with Crippen LogP contribution in [0, 0.1) is 0 Å². The van der Waals surface area contributed by atoms with Gasteiger partial charge in [-0.25, -0.2) is 4.79 Å². The van der Waals surface area contributed by atoms with Gasteiger partial charge in [-0.3, -0.25) is 0 Å². The molecule has 0 saturated heterocycles. The quantitative estimate of drug-likeness (QED) is 0.746. The van der Waals surface area contributed by atoms with Gasteiger partial charge in [0, 0.05) is 0 Å². The van der Waals surface area contributed by atoms with Gasteiger partial charge in [-0.1, -0.05) is 30.3 Å². The van der Waals surface area contributed by atoms with Gasteiger partial charge < -0.3 is 9.84 Å². The standard InChI is InChI=1S/C17H17BrO3/c18-15-10-9-14(17(19)20)12-16(15)21-11-5-4-8-13-6-2-1-3-7-13/h1-3,6-7,9-10,12H,4-5,8,11H2,(H,19,20). The number of carbonyl (C=O) groups is 1. The Kier molecular flexibility index (Phi) is 5.81. The number of carboxylic acids is 1. The molecule has 3 nitrogen and oxygen atoms in total. The molecule has 0 heterocycles. The normalized spacial score (nSPS) is 10.3. The molecule has 2 aromatic rings. The third-order valence-corrected chi connectivity index (χ3v) is 3.79. The molecule has 0 saturated carbocycles. The Balaban J connectivity index is 1.78. The number of aryl methyl sites for hydroxylation is 1. The van der Waals surface area contributed by atoms with Crippen LogP contribution >= 0.6 is 15.9 Å². The summed E-state index contributed by atoms with van der Waals surface area (Å²) in [5.74, 6) is -0.369. The number of hydrogen-bond acceptors (Lipinski definition) is 2. The SMILES string of the molecule is O=C(O)c1ccc(Br)c(OCCCCc2ccccc2)c1. The Labute approximate surface area is 132 Å². The van der Waals surface area contributed by atoms with Crippen molar-refractivity contribution in [2.24, 2.45) is 0 Å². The van der Waals surface area contributed by atoms with Crippen LogP contribution in [0.25, 0.3) is 0 Å². The first-order valence-corrected chi connectivity index (χ1v) is 7.65. The van der Waals surface area contributed by atoms with Crippen LogP contribution in [0.3, 0.4) is 0 Å². The molecule has 110 valence electrons. The second-order valence-corrected chi connectivity index (χ2v) is 5.60. The van der Waals surface area contributed by atoms with Crippen LogP contribution in [0.2, 0.25) is 0 Å². The van der Waals surface area contributed by atoms with E-state index in [0.717, 1.165) is 23.7 Å². The van der Waals surface area contributed by atoms with Crippen molar-refractivity contribution in [3.05, 3.63) is 64.1 Å². The molecule has 2 aromatic carbocycles. The summed E-state index contributed by atoms with van der Waals surface area (Å²) in [6.45, 7) is 0.578. The molecule has 0 aromatic heterocycles. The largest absolute Gasteiger partial charge is 0.492 e. The van der Waals surface area contributed by atoms with E-state index in [0.29, 0.717) is 12.4 Å². The molecule has 0 aliphatic carbocycles. The lowest BCUT2D eigenvalue weighted by atomic mass is 10.1. The number of unbranched alkanes of at least 4 members (excludes halogenated alkanes) is 1.